The molecule has 1 atom stereocenters. The average molecular weight is 228 g/mol. The highest BCUT2D eigenvalue weighted by Crippen LogP contribution is 2.24. The molecule has 0 aliphatic carbocycles. The normalized spacial score (nSPS) is 12.8. The second-order valence-corrected chi connectivity index (χ2v) is 3.29. The molecular weight excluding hydrogens is 208 g/mol. The fourth-order valence-electron chi connectivity index (χ4n) is 1.58. The van der Waals surface area contributed by atoms with E-state index < -0.39 is 0 Å². The van der Waals surface area contributed by atoms with Crippen LogP contribution in [-0.2, 0) is 11.3 Å². The minimum atomic E-state index is -0.114. The number of ether oxygens (including phenoxy) is 2. The molecule has 0 saturated heterocycles. The molecule has 0 radical (unpaired) electrons. The van der Waals surface area contributed by atoms with Crippen molar-refractivity contribution in [3.63, 3.8) is 0 Å². The largest absolute Gasteiger partial charge is 0.493 e. The van der Waals surface area contributed by atoms with Crippen LogP contribution in [0, 0.1) is 0 Å². The Labute approximate surface area is 95.7 Å². The van der Waals surface area contributed by atoms with Crippen molar-refractivity contribution in [2.45, 2.75) is 26.4 Å². The molecule has 0 bridgehead atoms. The van der Waals surface area contributed by atoms with E-state index in [1.54, 1.807) is 13.3 Å². The molecule has 0 saturated carbocycles. The number of nitrogens with one attached hydrogen (secondary N) is 1. The Morgan fingerprint density at radius 1 is 1.56 bits per heavy atom. The summed E-state index contributed by atoms with van der Waals surface area (Å²) in [5, 5.41) is 4.22. The Bertz CT molecular complexity index is 292. The Morgan fingerprint density at radius 2 is 2.31 bits per heavy atom. The molecule has 1 aromatic rings. The smallest absolute Gasteiger partial charge is 0.161 e. The number of hydrogen-bond acceptors (Lipinski definition) is 5. The van der Waals surface area contributed by atoms with Gasteiger partial charge in [0.05, 0.1) is 26.0 Å². The molecule has 1 unspecified atom stereocenters. The van der Waals surface area contributed by atoms with Crippen LogP contribution in [0.25, 0.3) is 0 Å². The summed E-state index contributed by atoms with van der Waals surface area (Å²) in [4.78, 5) is 0. The number of aryl methyl sites for hydroxylation is 1. The Morgan fingerprint density at radius 3 is 2.81 bits per heavy atom. The average Bonchev–Trinajstić information content (AvgIpc) is 2.73. The number of hydrazine groups is 1. The molecule has 0 spiro atoms. The Balaban J connectivity index is 2.91. The first-order valence-corrected chi connectivity index (χ1v) is 5.41. The molecule has 16 heavy (non-hydrogen) atoms. The lowest BCUT2D eigenvalue weighted by Gasteiger charge is -2.18. The highest BCUT2D eigenvalue weighted by Gasteiger charge is 2.20. The maximum absolute atomic E-state index is 5.53. The molecule has 92 valence electrons. The zero-order chi connectivity index (χ0) is 12.0. The van der Waals surface area contributed by atoms with Gasteiger partial charge in [-0.2, -0.15) is 5.10 Å². The first kappa shape index (κ1) is 13.0. The van der Waals surface area contributed by atoms with E-state index in [4.69, 9.17) is 15.3 Å². The molecule has 0 aromatic carbocycles. The minimum Gasteiger partial charge on any atom is -0.493 e. The lowest BCUT2D eigenvalue weighted by molar-refractivity contribution is 0.119. The third kappa shape index (κ3) is 2.72. The van der Waals surface area contributed by atoms with Gasteiger partial charge in [-0.3, -0.25) is 10.5 Å². The highest BCUT2D eigenvalue weighted by atomic mass is 16.5. The Hall–Kier alpha value is -1.11. The van der Waals surface area contributed by atoms with Crippen LogP contribution in [0.15, 0.2) is 6.20 Å². The van der Waals surface area contributed by atoms with Gasteiger partial charge in [-0.25, -0.2) is 5.43 Å². The molecule has 6 heteroatoms. The molecule has 3 N–H and O–H groups in total. The number of methoxy groups -OCH3 is 1. The van der Waals surface area contributed by atoms with Crippen molar-refractivity contribution >= 4 is 0 Å². The molecule has 0 aliphatic rings. The van der Waals surface area contributed by atoms with Gasteiger partial charge in [0.25, 0.3) is 0 Å². The molecule has 1 rings (SSSR count). The number of hydrogen-bond donors (Lipinski definition) is 2. The molecule has 1 heterocycles. The zero-order valence-electron chi connectivity index (χ0n) is 10.1. The quantitative estimate of drug-likeness (QED) is 0.523. The fourth-order valence-corrected chi connectivity index (χ4v) is 1.58. The molecule has 6 nitrogen and oxygen atoms in total. The van der Waals surface area contributed by atoms with Gasteiger partial charge >= 0.3 is 0 Å². The van der Waals surface area contributed by atoms with Gasteiger partial charge in [-0.05, 0) is 13.8 Å². The third-order valence-electron chi connectivity index (χ3n) is 2.38. The van der Waals surface area contributed by atoms with Gasteiger partial charge < -0.3 is 9.47 Å². The number of aromatic nitrogens is 2. The van der Waals surface area contributed by atoms with E-state index in [0.29, 0.717) is 13.2 Å². The summed E-state index contributed by atoms with van der Waals surface area (Å²) >= 11 is 0. The molecule has 1 aromatic heterocycles. The summed E-state index contributed by atoms with van der Waals surface area (Å²) in [6, 6.07) is -0.114. The number of nitrogens with zero attached hydrogens (tertiary/aromatic N) is 2. The molecular formula is C10H20N4O2. The van der Waals surface area contributed by atoms with Crippen molar-refractivity contribution in [3.8, 4) is 5.75 Å². The van der Waals surface area contributed by atoms with E-state index >= 15 is 0 Å². The van der Waals surface area contributed by atoms with Gasteiger partial charge in [0.15, 0.2) is 5.75 Å². The van der Waals surface area contributed by atoms with Crippen LogP contribution in [0.1, 0.15) is 25.6 Å². The van der Waals surface area contributed by atoms with Crippen molar-refractivity contribution in [2.75, 3.05) is 20.3 Å². The van der Waals surface area contributed by atoms with Crippen LogP contribution in [0.4, 0.5) is 0 Å². The van der Waals surface area contributed by atoms with Crippen molar-refractivity contribution in [1.29, 1.82) is 0 Å². The SMILES string of the molecule is CCOCC(NN)c1c(OC)cnn1CC. The number of nitrogens with two attached hydrogens (primary N) is 1. The van der Waals surface area contributed by atoms with E-state index in [-0.39, 0.29) is 6.04 Å². The van der Waals surface area contributed by atoms with Gasteiger partial charge in [-0.1, -0.05) is 0 Å². The van der Waals surface area contributed by atoms with Crippen molar-refractivity contribution in [2.24, 2.45) is 5.84 Å². The van der Waals surface area contributed by atoms with Crippen LogP contribution in [-0.4, -0.2) is 30.1 Å². The first-order chi connectivity index (χ1) is 7.78. The second-order valence-electron chi connectivity index (χ2n) is 3.29. The minimum absolute atomic E-state index is 0.114. The van der Waals surface area contributed by atoms with Crippen molar-refractivity contribution in [1.82, 2.24) is 15.2 Å². The van der Waals surface area contributed by atoms with Crippen molar-refractivity contribution < 1.29 is 9.47 Å². The van der Waals surface area contributed by atoms with Crippen LogP contribution >= 0.6 is 0 Å². The standard InChI is InChI=1S/C10H20N4O2/c1-4-14-10(9(15-3)6-12-14)8(13-11)7-16-5-2/h6,8,13H,4-5,7,11H2,1-3H3. The summed E-state index contributed by atoms with van der Waals surface area (Å²) in [7, 11) is 1.62. The monoisotopic (exact) mass is 228 g/mol. The summed E-state index contributed by atoms with van der Waals surface area (Å²) in [6.07, 6.45) is 1.69. The van der Waals surface area contributed by atoms with Gasteiger partial charge in [0.2, 0.25) is 0 Å². The topological polar surface area (TPSA) is 74.3 Å². The van der Waals surface area contributed by atoms with E-state index in [1.165, 1.54) is 0 Å². The predicted octanol–water partition coefficient (Wildman–Crippen LogP) is 0.452. The van der Waals surface area contributed by atoms with Crippen LogP contribution in [0.2, 0.25) is 0 Å². The maximum atomic E-state index is 5.53. The second kappa shape index (κ2) is 6.47. The van der Waals surface area contributed by atoms with Gasteiger partial charge in [0.1, 0.15) is 5.69 Å². The molecule has 0 fully saturated rings. The highest BCUT2D eigenvalue weighted by molar-refractivity contribution is 5.28. The lowest BCUT2D eigenvalue weighted by Crippen LogP contribution is -2.33. The van der Waals surface area contributed by atoms with Crippen LogP contribution in [0.3, 0.4) is 0 Å². The van der Waals surface area contributed by atoms with Crippen LogP contribution < -0.4 is 16.0 Å². The van der Waals surface area contributed by atoms with E-state index in [1.807, 2.05) is 18.5 Å². The first-order valence-electron chi connectivity index (χ1n) is 5.41. The zero-order valence-corrected chi connectivity index (χ0v) is 10.1. The lowest BCUT2D eigenvalue weighted by atomic mass is 10.2. The summed E-state index contributed by atoms with van der Waals surface area (Å²) in [5.41, 5.74) is 3.64. The fraction of sp³-hybridized carbons (Fsp3) is 0.700. The Kier molecular flexibility index (Phi) is 5.24. The molecule has 0 amide bonds. The van der Waals surface area contributed by atoms with Crippen LogP contribution in [0.5, 0.6) is 5.75 Å². The van der Waals surface area contributed by atoms with Gasteiger partial charge in [0, 0.05) is 13.2 Å². The summed E-state index contributed by atoms with van der Waals surface area (Å²) in [5.74, 6) is 6.25. The summed E-state index contributed by atoms with van der Waals surface area (Å²) < 4.78 is 12.5. The third-order valence-corrected chi connectivity index (χ3v) is 2.38. The maximum Gasteiger partial charge on any atom is 0.161 e. The molecule has 0 aliphatic heterocycles. The predicted molar refractivity (Wildman–Crippen MR) is 61.0 cm³/mol. The van der Waals surface area contributed by atoms with E-state index in [2.05, 4.69) is 10.5 Å². The van der Waals surface area contributed by atoms with Crippen molar-refractivity contribution in [3.05, 3.63) is 11.9 Å². The summed E-state index contributed by atoms with van der Waals surface area (Å²) in [6.45, 7) is 5.88. The number of rotatable bonds is 7. The van der Waals surface area contributed by atoms with E-state index in [0.717, 1.165) is 18.0 Å². The van der Waals surface area contributed by atoms with Gasteiger partial charge in [-0.15, -0.1) is 0 Å². The van der Waals surface area contributed by atoms with E-state index in [9.17, 15) is 0 Å².